The number of hydrazone groups is 1. The van der Waals surface area contributed by atoms with E-state index in [-0.39, 0.29) is 5.24 Å². The van der Waals surface area contributed by atoms with Crippen molar-refractivity contribution in [1.82, 2.24) is 14.7 Å². The van der Waals surface area contributed by atoms with Crippen molar-refractivity contribution in [1.29, 1.82) is 0 Å². The van der Waals surface area contributed by atoms with Crippen LogP contribution in [0.2, 0.25) is 0 Å². The Balaban J connectivity index is 1.84. The molecule has 0 unspecified atom stereocenters. The lowest BCUT2D eigenvalue weighted by Gasteiger charge is -2.10. The van der Waals surface area contributed by atoms with Crippen LogP contribution in [0.25, 0.3) is 0 Å². The minimum absolute atomic E-state index is 0.146. The van der Waals surface area contributed by atoms with Gasteiger partial charge in [-0.05, 0) is 31.9 Å². The average Bonchev–Trinajstić information content (AvgIpc) is 2.90. The van der Waals surface area contributed by atoms with Crippen LogP contribution in [0.5, 0.6) is 0 Å². The Labute approximate surface area is 111 Å². The van der Waals surface area contributed by atoms with Crippen molar-refractivity contribution >= 4 is 22.9 Å². The van der Waals surface area contributed by atoms with Gasteiger partial charge < -0.3 is 0 Å². The van der Waals surface area contributed by atoms with Crippen molar-refractivity contribution in [3.8, 4) is 0 Å². The highest BCUT2D eigenvalue weighted by Gasteiger charge is 2.15. The van der Waals surface area contributed by atoms with Crippen LogP contribution in [0.15, 0.2) is 29.5 Å². The Bertz CT molecular complexity index is 429. The summed E-state index contributed by atoms with van der Waals surface area (Å²) in [4.78, 5) is 15.8. The first kappa shape index (κ1) is 13.0. The van der Waals surface area contributed by atoms with E-state index < -0.39 is 0 Å². The van der Waals surface area contributed by atoms with Crippen LogP contribution >= 0.6 is 11.9 Å². The van der Waals surface area contributed by atoms with Crippen molar-refractivity contribution in [3.63, 3.8) is 0 Å². The van der Waals surface area contributed by atoms with Crippen molar-refractivity contribution < 1.29 is 4.79 Å². The van der Waals surface area contributed by atoms with Crippen molar-refractivity contribution in [2.45, 2.75) is 19.8 Å². The summed E-state index contributed by atoms with van der Waals surface area (Å²) in [5.41, 5.74) is 4.01. The van der Waals surface area contributed by atoms with Gasteiger partial charge in [0.2, 0.25) is 0 Å². The van der Waals surface area contributed by atoms with E-state index in [1.807, 2.05) is 25.1 Å². The highest BCUT2D eigenvalue weighted by molar-refractivity contribution is 8.11. The number of hydrogen-bond donors (Lipinski definition) is 1. The Morgan fingerprint density at radius 1 is 1.44 bits per heavy atom. The van der Waals surface area contributed by atoms with Crippen LogP contribution in [-0.4, -0.2) is 33.3 Å². The third-order valence-electron chi connectivity index (χ3n) is 2.63. The van der Waals surface area contributed by atoms with E-state index in [9.17, 15) is 4.79 Å². The summed E-state index contributed by atoms with van der Waals surface area (Å²) >= 11 is 1.20. The van der Waals surface area contributed by atoms with Gasteiger partial charge in [0.05, 0.1) is 11.4 Å². The summed E-state index contributed by atoms with van der Waals surface area (Å²) in [7, 11) is 0. The first-order valence-electron chi connectivity index (χ1n) is 5.94. The Morgan fingerprint density at radius 3 is 2.89 bits per heavy atom. The molecule has 6 heteroatoms. The Morgan fingerprint density at radius 2 is 2.22 bits per heavy atom. The third-order valence-corrected chi connectivity index (χ3v) is 3.51. The van der Waals surface area contributed by atoms with E-state index in [0.717, 1.165) is 31.6 Å². The van der Waals surface area contributed by atoms with E-state index in [2.05, 4.69) is 19.8 Å². The standard InChI is InChI=1S/C12H16N4OS/c1-10(11-6-2-3-7-13-11)14-15-12(17)18-16-8-4-5-9-16/h2-3,6-7H,4-5,8-9H2,1H3,(H,15,17)/b14-10+. The van der Waals surface area contributed by atoms with Gasteiger partial charge >= 0.3 is 5.24 Å². The molecular formula is C12H16N4OS. The van der Waals surface area contributed by atoms with Crippen molar-refractivity contribution in [3.05, 3.63) is 30.1 Å². The largest absolute Gasteiger partial charge is 0.314 e. The van der Waals surface area contributed by atoms with Crippen LogP contribution < -0.4 is 5.43 Å². The molecule has 1 aliphatic heterocycles. The number of amides is 1. The van der Waals surface area contributed by atoms with Crippen LogP contribution in [0.1, 0.15) is 25.5 Å². The summed E-state index contributed by atoms with van der Waals surface area (Å²) in [5.74, 6) is 0. The second kappa shape index (κ2) is 6.51. The lowest BCUT2D eigenvalue weighted by atomic mass is 10.3. The van der Waals surface area contributed by atoms with Crippen LogP contribution in [0, 0.1) is 0 Å². The number of rotatable bonds is 3. The second-order valence-corrected chi connectivity index (χ2v) is 5.11. The van der Waals surface area contributed by atoms with Gasteiger partial charge in [0.1, 0.15) is 0 Å². The van der Waals surface area contributed by atoms with Crippen LogP contribution in [0.4, 0.5) is 4.79 Å². The molecule has 2 rings (SSSR count). The molecule has 0 saturated carbocycles. The van der Waals surface area contributed by atoms with Gasteiger partial charge in [0.25, 0.3) is 0 Å². The number of nitrogens with one attached hydrogen (secondary N) is 1. The van der Waals surface area contributed by atoms with Crippen molar-refractivity contribution in [2.75, 3.05) is 13.1 Å². The van der Waals surface area contributed by atoms with Crippen molar-refractivity contribution in [2.24, 2.45) is 5.10 Å². The van der Waals surface area contributed by atoms with E-state index in [0.29, 0.717) is 5.71 Å². The van der Waals surface area contributed by atoms with Crippen LogP contribution in [0.3, 0.4) is 0 Å². The van der Waals surface area contributed by atoms with Gasteiger partial charge in [0.15, 0.2) is 0 Å². The Hall–Kier alpha value is -1.40. The molecule has 1 N–H and O–H groups in total. The van der Waals surface area contributed by atoms with E-state index in [1.54, 1.807) is 6.20 Å². The fraction of sp³-hybridized carbons (Fsp3) is 0.417. The molecule has 1 saturated heterocycles. The van der Waals surface area contributed by atoms with E-state index in [4.69, 9.17) is 0 Å². The molecule has 0 atom stereocenters. The number of nitrogens with zero attached hydrogens (tertiary/aromatic N) is 3. The number of carbonyl (C=O) groups excluding carboxylic acids is 1. The Kier molecular flexibility index (Phi) is 4.72. The van der Waals surface area contributed by atoms with Gasteiger partial charge in [-0.3, -0.25) is 9.78 Å². The molecule has 0 radical (unpaired) electrons. The van der Waals surface area contributed by atoms with Gasteiger partial charge in [-0.15, -0.1) is 0 Å². The monoisotopic (exact) mass is 264 g/mol. The summed E-state index contributed by atoms with van der Waals surface area (Å²) in [6.07, 6.45) is 4.03. The molecule has 0 bridgehead atoms. The first-order valence-corrected chi connectivity index (χ1v) is 6.71. The SMILES string of the molecule is C/C(=N\NC(=O)SN1CCCC1)c1ccccn1. The average molecular weight is 264 g/mol. The fourth-order valence-corrected chi connectivity index (χ4v) is 2.44. The maximum absolute atomic E-state index is 11.6. The lowest BCUT2D eigenvalue weighted by molar-refractivity contribution is 0.260. The highest BCUT2D eigenvalue weighted by Crippen LogP contribution is 2.18. The summed E-state index contributed by atoms with van der Waals surface area (Å²) < 4.78 is 2.06. The van der Waals surface area contributed by atoms with Gasteiger partial charge in [-0.2, -0.15) is 5.10 Å². The highest BCUT2D eigenvalue weighted by atomic mass is 32.2. The van der Waals surface area contributed by atoms with Gasteiger partial charge in [-0.25, -0.2) is 9.73 Å². The zero-order valence-corrected chi connectivity index (χ0v) is 11.1. The molecule has 5 nitrogen and oxygen atoms in total. The normalized spacial score (nSPS) is 16.8. The number of hydrogen-bond acceptors (Lipinski definition) is 5. The molecule has 0 aliphatic carbocycles. The molecule has 1 amide bonds. The maximum atomic E-state index is 11.6. The zero-order valence-electron chi connectivity index (χ0n) is 10.3. The van der Waals surface area contributed by atoms with E-state index in [1.165, 1.54) is 11.9 Å². The summed E-state index contributed by atoms with van der Waals surface area (Å²) in [6.45, 7) is 3.77. The number of carbonyl (C=O) groups is 1. The number of pyridine rings is 1. The predicted molar refractivity (Wildman–Crippen MR) is 73.4 cm³/mol. The van der Waals surface area contributed by atoms with Gasteiger partial charge in [0, 0.05) is 31.2 Å². The molecule has 1 aromatic heterocycles. The molecule has 0 aromatic carbocycles. The molecule has 0 spiro atoms. The zero-order chi connectivity index (χ0) is 12.8. The molecule has 1 fully saturated rings. The molecule has 1 aliphatic rings. The minimum Gasteiger partial charge on any atom is -0.259 e. The molecule has 2 heterocycles. The third kappa shape index (κ3) is 3.82. The quantitative estimate of drug-likeness (QED) is 0.517. The maximum Gasteiger partial charge on any atom is 0.314 e. The molecule has 96 valence electrons. The first-order chi connectivity index (χ1) is 8.75. The fourth-order valence-electron chi connectivity index (χ4n) is 1.68. The predicted octanol–water partition coefficient (Wildman–Crippen LogP) is 2.26. The minimum atomic E-state index is -0.146. The lowest BCUT2D eigenvalue weighted by Crippen LogP contribution is -2.21. The second-order valence-electron chi connectivity index (χ2n) is 4.04. The van der Waals surface area contributed by atoms with Crippen LogP contribution in [-0.2, 0) is 0 Å². The smallest absolute Gasteiger partial charge is 0.259 e. The number of aromatic nitrogens is 1. The molecule has 1 aromatic rings. The molecular weight excluding hydrogens is 248 g/mol. The van der Waals surface area contributed by atoms with Gasteiger partial charge in [-0.1, -0.05) is 6.07 Å². The summed E-state index contributed by atoms with van der Waals surface area (Å²) in [6, 6.07) is 5.60. The van der Waals surface area contributed by atoms with E-state index >= 15 is 0 Å². The summed E-state index contributed by atoms with van der Waals surface area (Å²) in [5, 5.41) is 3.90. The topological polar surface area (TPSA) is 57.6 Å². The molecule has 18 heavy (non-hydrogen) atoms.